The monoisotopic (exact) mass is 345 g/mol. The van der Waals surface area contributed by atoms with E-state index < -0.39 is 0 Å². The zero-order valence-corrected chi connectivity index (χ0v) is 15.3. The van der Waals surface area contributed by atoms with Crippen LogP contribution in [0.4, 0.5) is 10.5 Å². The molecule has 0 aliphatic heterocycles. The number of carbonyl (C=O) groups excluding carboxylic acids is 1. The first-order valence-electron chi connectivity index (χ1n) is 9.26. The average molecular weight is 345 g/mol. The van der Waals surface area contributed by atoms with Crippen LogP contribution < -0.4 is 21.7 Å². The summed E-state index contributed by atoms with van der Waals surface area (Å²) in [6, 6.07) is 8.02. The van der Waals surface area contributed by atoms with Gasteiger partial charge in [-0.3, -0.25) is 0 Å². The van der Waals surface area contributed by atoms with Crippen molar-refractivity contribution >= 4 is 17.7 Å². The largest absolute Gasteiger partial charge is 0.370 e. The highest BCUT2D eigenvalue weighted by atomic mass is 16.2. The van der Waals surface area contributed by atoms with Crippen LogP contribution in [0.1, 0.15) is 57.9 Å². The number of urea groups is 1. The van der Waals surface area contributed by atoms with E-state index in [0.717, 1.165) is 11.3 Å². The molecule has 6 heteroatoms. The van der Waals surface area contributed by atoms with Gasteiger partial charge in [-0.2, -0.15) is 0 Å². The van der Waals surface area contributed by atoms with Crippen LogP contribution in [0.15, 0.2) is 29.3 Å². The van der Waals surface area contributed by atoms with Gasteiger partial charge >= 0.3 is 6.03 Å². The van der Waals surface area contributed by atoms with Gasteiger partial charge in [-0.15, -0.1) is 0 Å². The third kappa shape index (κ3) is 7.45. The van der Waals surface area contributed by atoms with Crippen molar-refractivity contribution in [1.29, 1.82) is 0 Å². The van der Waals surface area contributed by atoms with E-state index in [9.17, 15) is 4.79 Å². The Kier molecular flexibility index (Phi) is 7.57. The molecule has 138 valence electrons. The minimum Gasteiger partial charge on any atom is -0.370 e. The second-order valence-corrected chi connectivity index (χ2v) is 6.98. The van der Waals surface area contributed by atoms with E-state index in [-0.39, 0.29) is 12.1 Å². The minimum atomic E-state index is -0.197. The summed E-state index contributed by atoms with van der Waals surface area (Å²) in [6.45, 7) is 4.38. The lowest BCUT2D eigenvalue weighted by Gasteiger charge is -2.16. The Morgan fingerprint density at radius 1 is 1.16 bits per heavy atom. The lowest BCUT2D eigenvalue weighted by atomic mass is 10.1. The zero-order chi connectivity index (χ0) is 18.1. The minimum absolute atomic E-state index is 0.109. The number of anilines is 1. The zero-order valence-electron chi connectivity index (χ0n) is 15.3. The molecule has 0 radical (unpaired) electrons. The smallest absolute Gasteiger partial charge is 0.319 e. The number of aliphatic imine (C=N–C) groups is 1. The first-order chi connectivity index (χ1) is 12.0. The first kappa shape index (κ1) is 19.1. The summed E-state index contributed by atoms with van der Waals surface area (Å²) in [5.74, 6) is 0.519. The molecule has 0 saturated heterocycles. The van der Waals surface area contributed by atoms with Gasteiger partial charge in [-0.1, -0.05) is 37.8 Å². The van der Waals surface area contributed by atoms with Crippen LogP contribution in [0.5, 0.6) is 0 Å². The maximum atomic E-state index is 11.7. The van der Waals surface area contributed by atoms with Crippen molar-refractivity contribution in [3.8, 4) is 0 Å². The molecule has 0 heterocycles. The molecule has 1 aromatic carbocycles. The van der Waals surface area contributed by atoms with Crippen LogP contribution in [-0.2, 0) is 6.54 Å². The van der Waals surface area contributed by atoms with E-state index in [1.807, 2.05) is 38.1 Å². The van der Waals surface area contributed by atoms with Crippen LogP contribution in [0, 0.1) is 0 Å². The highest BCUT2D eigenvalue weighted by Crippen LogP contribution is 2.17. The molecule has 0 atom stereocenters. The van der Waals surface area contributed by atoms with Crippen LogP contribution >= 0.6 is 0 Å². The summed E-state index contributed by atoms with van der Waals surface area (Å²) >= 11 is 0. The number of hydrogen-bond acceptors (Lipinski definition) is 2. The number of benzene rings is 1. The van der Waals surface area contributed by atoms with Gasteiger partial charge in [0.15, 0.2) is 5.96 Å². The fourth-order valence-corrected chi connectivity index (χ4v) is 2.98. The third-order valence-electron chi connectivity index (χ3n) is 4.27. The number of nitrogens with two attached hydrogens (primary N) is 1. The number of hydrogen-bond donors (Lipinski definition) is 4. The first-order valence-corrected chi connectivity index (χ1v) is 9.26. The Morgan fingerprint density at radius 2 is 1.80 bits per heavy atom. The van der Waals surface area contributed by atoms with Gasteiger partial charge < -0.3 is 21.7 Å². The summed E-state index contributed by atoms with van der Waals surface area (Å²) < 4.78 is 0. The number of nitrogens with zero attached hydrogens (tertiary/aromatic N) is 1. The van der Waals surface area contributed by atoms with Crippen LogP contribution in [-0.4, -0.2) is 24.1 Å². The summed E-state index contributed by atoms with van der Waals surface area (Å²) in [6.07, 6.45) is 7.53. The van der Waals surface area contributed by atoms with Crippen LogP contribution in [0.25, 0.3) is 0 Å². The number of rotatable bonds is 5. The molecule has 2 amide bonds. The van der Waals surface area contributed by atoms with E-state index in [1.54, 1.807) is 0 Å². The quantitative estimate of drug-likeness (QED) is 0.375. The predicted molar refractivity (Wildman–Crippen MR) is 104 cm³/mol. The molecule has 1 fully saturated rings. The van der Waals surface area contributed by atoms with Gasteiger partial charge in [0.25, 0.3) is 0 Å². The van der Waals surface area contributed by atoms with E-state index in [4.69, 9.17) is 5.73 Å². The van der Waals surface area contributed by atoms with E-state index >= 15 is 0 Å². The lowest BCUT2D eigenvalue weighted by molar-refractivity contribution is 0.250. The molecule has 5 N–H and O–H groups in total. The number of guanidine groups is 1. The van der Waals surface area contributed by atoms with Gasteiger partial charge in [0.1, 0.15) is 0 Å². The molecule has 0 aromatic heterocycles. The van der Waals surface area contributed by atoms with Crippen molar-refractivity contribution < 1.29 is 4.79 Å². The summed E-state index contributed by atoms with van der Waals surface area (Å²) in [5, 5.41) is 8.94. The summed E-state index contributed by atoms with van der Waals surface area (Å²) in [7, 11) is 0. The molecule has 1 saturated carbocycles. The molecule has 1 aliphatic carbocycles. The van der Waals surface area contributed by atoms with Gasteiger partial charge in [-0.25, -0.2) is 9.79 Å². The van der Waals surface area contributed by atoms with Crippen molar-refractivity contribution in [3.63, 3.8) is 0 Å². The highest BCUT2D eigenvalue weighted by molar-refractivity contribution is 5.89. The molecule has 1 aromatic rings. The second-order valence-electron chi connectivity index (χ2n) is 6.98. The Bertz CT molecular complexity index is 560. The van der Waals surface area contributed by atoms with Gasteiger partial charge in [0, 0.05) is 17.8 Å². The molecule has 6 nitrogen and oxygen atoms in total. The molecule has 0 unspecified atom stereocenters. The van der Waals surface area contributed by atoms with Gasteiger partial charge in [0.05, 0.1) is 6.54 Å². The predicted octanol–water partition coefficient (Wildman–Crippen LogP) is 3.34. The number of nitrogens with one attached hydrogen (secondary N) is 3. The topological polar surface area (TPSA) is 91.5 Å². The molecular weight excluding hydrogens is 314 g/mol. The van der Waals surface area contributed by atoms with Crippen molar-refractivity contribution in [1.82, 2.24) is 10.6 Å². The van der Waals surface area contributed by atoms with Crippen molar-refractivity contribution in [2.24, 2.45) is 10.7 Å². The Labute approximate surface area is 150 Å². The second kappa shape index (κ2) is 9.91. The average Bonchev–Trinajstić information content (AvgIpc) is 2.82. The summed E-state index contributed by atoms with van der Waals surface area (Å²) in [4.78, 5) is 16.1. The van der Waals surface area contributed by atoms with Crippen molar-refractivity contribution in [3.05, 3.63) is 29.8 Å². The van der Waals surface area contributed by atoms with Crippen molar-refractivity contribution in [2.45, 2.75) is 71.0 Å². The van der Waals surface area contributed by atoms with Crippen LogP contribution in [0.3, 0.4) is 0 Å². The SMILES string of the molecule is CC(C)NC(=O)Nc1ccc(CN=C(N)NC2CCCCCC2)cc1. The van der Waals surface area contributed by atoms with Crippen LogP contribution in [0.2, 0.25) is 0 Å². The molecular formula is C19H31N5O. The fraction of sp³-hybridized carbons (Fsp3) is 0.579. The standard InChI is InChI=1S/C19H31N5O/c1-14(2)22-19(25)24-17-11-9-15(10-12-17)13-21-18(20)23-16-7-5-3-4-6-8-16/h9-12,14,16H,3-8,13H2,1-2H3,(H3,20,21,23)(H2,22,24,25). The molecule has 0 spiro atoms. The number of carbonyl (C=O) groups is 1. The normalized spacial score (nSPS) is 16.4. The third-order valence-corrected chi connectivity index (χ3v) is 4.27. The maximum Gasteiger partial charge on any atom is 0.319 e. The molecule has 0 bridgehead atoms. The van der Waals surface area contributed by atoms with E-state index in [2.05, 4.69) is 20.9 Å². The Morgan fingerprint density at radius 3 is 2.40 bits per heavy atom. The lowest BCUT2D eigenvalue weighted by Crippen LogP contribution is -2.39. The highest BCUT2D eigenvalue weighted by Gasteiger charge is 2.12. The Balaban J connectivity index is 1.80. The maximum absolute atomic E-state index is 11.7. The molecule has 2 rings (SSSR count). The van der Waals surface area contributed by atoms with Crippen molar-refractivity contribution in [2.75, 3.05) is 5.32 Å². The molecule has 1 aliphatic rings. The van der Waals surface area contributed by atoms with Gasteiger partial charge in [0.2, 0.25) is 0 Å². The van der Waals surface area contributed by atoms with E-state index in [0.29, 0.717) is 18.5 Å². The number of amides is 2. The Hall–Kier alpha value is -2.24. The van der Waals surface area contributed by atoms with E-state index in [1.165, 1.54) is 38.5 Å². The summed E-state index contributed by atoms with van der Waals surface area (Å²) in [5.41, 5.74) is 7.83. The molecule has 25 heavy (non-hydrogen) atoms. The fourth-order valence-electron chi connectivity index (χ4n) is 2.98. The van der Waals surface area contributed by atoms with Gasteiger partial charge in [-0.05, 0) is 44.4 Å².